The van der Waals surface area contributed by atoms with Crippen molar-refractivity contribution in [2.24, 2.45) is 0 Å². The van der Waals surface area contributed by atoms with E-state index in [-0.39, 0.29) is 12.1 Å². The number of piperidine rings is 1. The molecule has 0 aliphatic carbocycles. The maximum atomic E-state index is 14.2. The molecular formula is C35H56N2O6SSi. The highest BCUT2D eigenvalue weighted by atomic mass is 32.2. The van der Waals surface area contributed by atoms with Crippen molar-refractivity contribution in [1.29, 1.82) is 0 Å². The van der Waals surface area contributed by atoms with Gasteiger partial charge in [-0.1, -0.05) is 65.3 Å². The number of benzene rings is 2. The van der Waals surface area contributed by atoms with Crippen LogP contribution in [0.1, 0.15) is 71.9 Å². The summed E-state index contributed by atoms with van der Waals surface area (Å²) in [6.45, 7) is 19.8. The van der Waals surface area contributed by atoms with Crippen molar-refractivity contribution < 1.29 is 27.1 Å². The number of sulfonamides is 1. The van der Waals surface area contributed by atoms with Crippen molar-refractivity contribution in [1.82, 2.24) is 4.31 Å². The summed E-state index contributed by atoms with van der Waals surface area (Å²) in [6, 6.07) is 13.1. The number of rotatable bonds is 15. The van der Waals surface area contributed by atoms with E-state index in [2.05, 4.69) is 52.5 Å². The molecular weight excluding hydrogens is 605 g/mol. The minimum Gasteiger partial charge on any atom is -0.490 e. The molecule has 2 aliphatic rings. The molecule has 2 aromatic rings. The van der Waals surface area contributed by atoms with Crippen LogP contribution in [0.15, 0.2) is 47.4 Å². The number of fused-ring (bicyclic) bond motifs is 1. The molecule has 0 radical (unpaired) electrons. The van der Waals surface area contributed by atoms with Crippen LogP contribution in [0, 0.1) is 6.92 Å². The van der Waals surface area contributed by atoms with E-state index >= 15 is 0 Å². The van der Waals surface area contributed by atoms with E-state index < -0.39 is 18.3 Å². The second-order valence-corrected chi connectivity index (χ2v) is 21.0. The van der Waals surface area contributed by atoms with Gasteiger partial charge in [0.1, 0.15) is 12.4 Å². The number of ether oxygens (including phenoxy) is 3. The van der Waals surface area contributed by atoms with Crippen LogP contribution < -0.4 is 9.64 Å². The van der Waals surface area contributed by atoms with Crippen molar-refractivity contribution in [2.75, 3.05) is 51.5 Å². The number of anilines is 1. The van der Waals surface area contributed by atoms with Gasteiger partial charge < -0.3 is 23.5 Å². The lowest BCUT2D eigenvalue weighted by Gasteiger charge is -2.45. The number of methoxy groups -OCH3 is 1. The molecule has 45 heavy (non-hydrogen) atoms. The summed E-state index contributed by atoms with van der Waals surface area (Å²) in [6.07, 6.45) is 2.21. The zero-order chi connectivity index (χ0) is 32.8. The Bertz CT molecular complexity index is 1310. The van der Waals surface area contributed by atoms with Crippen molar-refractivity contribution >= 4 is 24.0 Å². The van der Waals surface area contributed by atoms with Gasteiger partial charge in [0, 0.05) is 32.8 Å². The highest BCUT2D eigenvalue weighted by molar-refractivity contribution is 7.89. The Morgan fingerprint density at radius 2 is 1.67 bits per heavy atom. The topological polar surface area (TPSA) is 77.5 Å². The molecule has 0 amide bonds. The molecule has 4 rings (SSSR count). The summed E-state index contributed by atoms with van der Waals surface area (Å²) in [7, 11) is -4.18. The second-order valence-electron chi connectivity index (χ2n) is 13.7. The molecule has 2 atom stereocenters. The van der Waals surface area contributed by atoms with Gasteiger partial charge in [0.2, 0.25) is 10.0 Å². The van der Waals surface area contributed by atoms with E-state index in [4.69, 9.17) is 18.6 Å². The number of aryl methyl sites for hydroxylation is 1. The van der Waals surface area contributed by atoms with E-state index in [9.17, 15) is 8.42 Å². The minimum atomic E-state index is -3.75. The Hall–Kier alpha value is -1.95. The predicted octanol–water partition coefficient (Wildman–Crippen LogP) is 7.16. The van der Waals surface area contributed by atoms with Gasteiger partial charge in [-0.25, -0.2) is 8.42 Å². The summed E-state index contributed by atoms with van der Waals surface area (Å²) in [5.74, 6) is 0.891. The van der Waals surface area contributed by atoms with E-state index in [1.54, 1.807) is 23.5 Å². The summed E-state index contributed by atoms with van der Waals surface area (Å²) in [5, 5.41) is 0. The highest BCUT2D eigenvalue weighted by Gasteiger charge is 2.47. The predicted molar refractivity (Wildman–Crippen MR) is 184 cm³/mol. The van der Waals surface area contributed by atoms with Gasteiger partial charge in [0.05, 0.1) is 36.4 Å². The van der Waals surface area contributed by atoms with Gasteiger partial charge >= 0.3 is 0 Å². The average molecular weight is 661 g/mol. The quantitative estimate of drug-likeness (QED) is 0.148. The zero-order valence-corrected chi connectivity index (χ0v) is 30.6. The van der Waals surface area contributed by atoms with Gasteiger partial charge in [-0.05, 0) is 72.6 Å². The van der Waals surface area contributed by atoms with E-state index in [1.807, 2.05) is 31.2 Å². The first-order chi connectivity index (χ1) is 21.4. The van der Waals surface area contributed by atoms with Gasteiger partial charge in [-0.2, -0.15) is 4.31 Å². The maximum Gasteiger partial charge on any atom is 0.243 e. The third-order valence-corrected chi connectivity index (χ3v) is 17.7. The molecule has 1 saturated heterocycles. The first-order valence-corrected chi connectivity index (χ1v) is 20.3. The fraction of sp³-hybridized carbons (Fsp3) is 0.657. The van der Waals surface area contributed by atoms with Crippen molar-refractivity contribution in [3.63, 3.8) is 0 Å². The van der Waals surface area contributed by atoms with Gasteiger partial charge in [0.25, 0.3) is 0 Å². The molecule has 0 unspecified atom stereocenters. The standard InChI is InChI=1S/C35H56N2O6SSi/c1-26(2)45(27(3)4,28(5)6)43-25-31-13-14-32(23-37(31)44(38,39)33-15-10-29(7)11-16-33)42-24-30-12-17-35-34(22-30)36(19-21-41-35)18-9-20-40-8/h10-12,15-17,22,26-28,31-32H,9,13-14,18-21,23-25H2,1-8H3/t31-,32+/m0/s1. The summed E-state index contributed by atoms with van der Waals surface area (Å²) < 4.78 is 54.6. The van der Waals surface area contributed by atoms with Crippen LogP contribution in [0.2, 0.25) is 16.6 Å². The van der Waals surface area contributed by atoms with Crippen LogP contribution in [-0.4, -0.2) is 79.8 Å². The smallest absolute Gasteiger partial charge is 0.243 e. The van der Waals surface area contributed by atoms with Crippen LogP contribution in [0.3, 0.4) is 0 Å². The largest absolute Gasteiger partial charge is 0.490 e. The Kier molecular flexibility index (Phi) is 12.6. The molecule has 8 nitrogen and oxygen atoms in total. The third-order valence-electron chi connectivity index (χ3n) is 9.72. The molecule has 10 heteroatoms. The van der Waals surface area contributed by atoms with Crippen LogP contribution in [-0.2, 0) is 30.5 Å². The van der Waals surface area contributed by atoms with E-state index in [0.29, 0.717) is 54.3 Å². The molecule has 2 aliphatic heterocycles. The lowest BCUT2D eigenvalue weighted by molar-refractivity contribution is -0.0113. The highest BCUT2D eigenvalue weighted by Crippen LogP contribution is 2.43. The average Bonchev–Trinajstić information content (AvgIpc) is 3.00. The first-order valence-electron chi connectivity index (χ1n) is 16.7. The van der Waals surface area contributed by atoms with Crippen molar-refractivity contribution in [2.45, 2.75) is 108 Å². The summed E-state index contributed by atoms with van der Waals surface area (Å²) >= 11 is 0. The number of nitrogens with zero attached hydrogens (tertiary/aromatic N) is 2. The van der Waals surface area contributed by atoms with E-state index in [0.717, 1.165) is 55.1 Å². The molecule has 0 saturated carbocycles. The Morgan fingerprint density at radius 1 is 0.978 bits per heavy atom. The molecule has 0 spiro atoms. The monoisotopic (exact) mass is 660 g/mol. The van der Waals surface area contributed by atoms with Crippen LogP contribution in [0.25, 0.3) is 0 Å². The molecule has 0 bridgehead atoms. The molecule has 2 aromatic carbocycles. The number of hydrogen-bond donors (Lipinski definition) is 0. The normalized spacial score (nSPS) is 19.8. The minimum absolute atomic E-state index is 0.214. The fourth-order valence-electron chi connectivity index (χ4n) is 7.40. The second kappa shape index (κ2) is 15.8. The Labute approximate surface area is 273 Å². The van der Waals surface area contributed by atoms with Gasteiger partial charge in [0.15, 0.2) is 8.32 Å². The summed E-state index contributed by atoms with van der Waals surface area (Å²) in [4.78, 5) is 2.67. The Morgan fingerprint density at radius 3 is 2.31 bits per heavy atom. The fourth-order valence-corrected chi connectivity index (χ4v) is 14.6. The van der Waals surface area contributed by atoms with Crippen molar-refractivity contribution in [3.8, 4) is 5.75 Å². The zero-order valence-electron chi connectivity index (χ0n) is 28.8. The Balaban J connectivity index is 1.52. The summed E-state index contributed by atoms with van der Waals surface area (Å²) in [5.41, 5.74) is 4.45. The molecule has 252 valence electrons. The lowest BCUT2D eigenvalue weighted by atomic mass is 10.0. The van der Waals surface area contributed by atoms with Crippen LogP contribution in [0.5, 0.6) is 5.75 Å². The SMILES string of the molecule is COCCCN1CCOc2ccc(CO[C@@H]3CC[C@@H](CO[Si](C(C)C)(C(C)C)C(C)C)N(S(=O)(=O)c4ccc(C)cc4)C3)cc21. The molecule has 2 heterocycles. The maximum absolute atomic E-state index is 14.2. The third kappa shape index (κ3) is 8.32. The number of hydrogen-bond acceptors (Lipinski definition) is 7. The van der Waals surface area contributed by atoms with Gasteiger partial charge in [-0.3, -0.25) is 0 Å². The lowest BCUT2D eigenvalue weighted by Crippen LogP contribution is -2.54. The van der Waals surface area contributed by atoms with Crippen molar-refractivity contribution in [3.05, 3.63) is 53.6 Å². The van der Waals surface area contributed by atoms with E-state index in [1.165, 1.54) is 0 Å². The molecule has 1 fully saturated rings. The molecule has 0 aromatic heterocycles. The first kappa shape index (κ1) is 35.9. The van der Waals surface area contributed by atoms with Crippen LogP contribution >= 0.6 is 0 Å². The van der Waals surface area contributed by atoms with Crippen LogP contribution in [0.4, 0.5) is 5.69 Å². The molecule has 0 N–H and O–H groups in total. The van der Waals surface area contributed by atoms with Gasteiger partial charge in [-0.15, -0.1) is 0 Å².